The van der Waals surface area contributed by atoms with E-state index in [4.69, 9.17) is 0 Å². The van der Waals surface area contributed by atoms with E-state index in [0.717, 1.165) is 0 Å². The van der Waals surface area contributed by atoms with Crippen molar-refractivity contribution >= 4 is 5.69 Å². The van der Waals surface area contributed by atoms with Gasteiger partial charge < -0.3 is 10.4 Å². The molecule has 0 aliphatic carbocycles. The third-order valence-corrected chi connectivity index (χ3v) is 2.29. The first-order valence-corrected chi connectivity index (χ1v) is 4.71. The maximum atomic E-state index is 13.1. The average Bonchev–Trinajstić information content (AvgIpc) is 2.11. The van der Waals surface area contributed by atoms with Crippen LogP contribution < -0.4 is 5.32 Å². The predicted octanol–water partition coefficient (Wildman–Crippen LogP) is 2.32. The number of rotatable bonds is 3. The SMILES string of the molecule is Cc1ccc(NC(C)C(C)O)cc1F. The minimum Gasteiger partial charge on any atom is -0.391 e. The Morgan fingerprint density at radius 1 is 1.36 bits per heavy atom. The van der Waals surface area contributed by atoms with E-state index in [1.165, 1.54) is 6.07 Å². The lowest BCUT2D eigenvalue weighted by atomic mass is 10.1. The minimum atomic E-state index is -0.459. The third kappa shape index (κ3) is 2.70. The Morgan fingerprint density at radius 2 is 2.00 bits per heavy atom. The minimum absolute atomic E-state index is 0.0860. The summed E-state index contributed by atoms with van der Waals surface area (Å²) in [5.41, 5.74) is 1.32. The molecular weight excluding hydrogens is 181 g/mol. The molecule has 0 spiro atoms. The van der Waals surface area contributed by atoms with Crippen LogP contribution in [0, 0.1) is 12.7 Å². The van der Waals surface area contributed by atoms with Crippen LogP contribution in [0.4, 0.5) is 10.1 Å². The van der Waals surface area contributed by atoms with E-state index in [1.807, 2.05) is 6.92 Å². The summed E-state index contributed by atoms with van der Waals surface area (Å²) in [4.78, 5) is 0. The topological polar surface area (TPSA) is 32.3 Å². The fourth-order valence-electron chi connectivity index (χ4n) is 1.07. The summed E-state index contributed by atoms with van der Waals surface area (Å²) < 4.78 is 13.1. The van der Waals surface area contributed by atoms with Crippen molar-refractivity contribution in [3.63, 3.8) is 0 Å². The molecule has 1 aromatic carbocycles. The van der Waals surface area contributed by atoms with E-state index in [1.54, 1.807) is 26.0 Å². The summed E-state index contributed by atoms with van der Waals surface area (Å²) in [6, 6.07) is 4.87. The Balaban J connectivity index is 2.73. The van der Waals surface area contributed by atoms with Crippen LogP contribution >= 0.6 is 0 Å². The Kier molecular flexibility index (Phi) is 3.47. The molecule has 0 saturated heterocycles. The van der Waals surface area contributed by atoms with Gasteiger partial charge in [0.2, 0.25) is 0 Å². The molecule has 0 heterocycles. The monoisotopic (exact) mass is 197 g/mol. The summed E-state index contributed by atoms with van der Waals surface area (Å²) in [6.45, 7) is 5.27. The van der Waals surface area contributed by atoms with Gasteiger partial charge >= 0.3 is 0 Å². The second kappa shape index (κ2) is 4.42. The summed E-state index contributed by atoms with van der Waals surface area (Å²) in [7, 11) is 0. The van der Waals surface area contributed by atoms with Crippen molar-refractivity contribution in [2.45, 2.75) is 32.9 Å². The Bertz CT molecular complexity index is 312. The molecule has 14 heavy (non-hydrogen) atoms. The van der Waals surface area contributed by atoms with Crippen molar-refractivity contribution < 1.29 is 9.50 Å². The van der Waals surface area contributed by atoms with Crippen molar-refractivity contribution in [1.82, 2.24) is 0 Å². The second-order valence-corrected chi connectivity index (χ2v) is 3.64. The van der Waals surface area contributed by atoms with Gasteiger partial charge in [0.25, 0.3) is 0 Å². The average molecular weight is 197 g/mol. The molecule has 1 aromatic rings. The lowest BCUT2D eigenvalue weighted by Gasteiger charge is -2.18. The fraction of sp³-hybridized carbons (Fsp3) is 0.455. The van der Waals surface area contributed by atoms with Crippen LogP contribution in [0.5, 0.6) is 0 Å². The molecule has 2 unspecified atom stereocenters. The van der Waals surface area contributed by atoms with Gasteiger partial charge in [0.1, 0.15) is 5.82 Å². The van der Waals surface area contributed by atoms with Gasteiger partial charge in [-0.15, -0.1) is 0 Å². The van der Waals surface area contributed by atoms with Crippen LogP contribution in [0.2, 0.25) is 0 Å². The van der Waals surface area contributed by atoms with E-state index < -0.39 is 6.10 Å². The molecule has 78 valence electrons. The lowest BCUT2D eigenvalue weighted by molar-refractivity contribution is 0.178. The van der Waals surface area contributed by atoms with Gasteiger partial charge in [-0.1, -0.05) is 6.07 Å². The molecule has 0 bridgehead atoms. The van der Waals surface area contributed by atoms with Gasteiger partial charge in [0.15, 0.2) is 0 Å². The highest BCUT2D eigenvalue weighted by atomic mass is 19.1. The van der Waals surface area contributed by atoms with Crippen molar-refractivity contribution in [2.75, 3.05) is 5.32 Å². The van der Waals surface area contributed by atoms with Gasteiger partial charge in [-0.3, -0.25) is 0 Å². The highest BCUT2D eigenvalue weighted by Gasteiger charge is 2.08. The number of anilines is 1. The first kappa shape index (κ1) is 11.0. The van der Waals surface area contributed by atoms with Gasteiger partial charge in [0.05, 0.1) is 6.10 Å². The van der Waals surface area contributed by atoms with Gasteiger partial charge in [-0.05, 0) is 38.5 Å². The van der Waals surface area contributed by atoms with Crippen molar-refractivity contribution in [1.29, 1.82) is 0 Å². The lowest BCUT2D eigenvalue weighted by Crippen LogP contribution is -2.27. The molecule has 2 atom stereocenters. The molecule has 3 heteroatoms. The van der Waals surface area contributed by atoms with Gasteiger partial charge in [-0.2, -0.15) is 0 Å². The van der Waals surface area contributed by atoms with E-state index >= 15 is 0 Å². The first-order valence-electron chi connectivity index (χ1n) is 4.71. The zero-order valence-corrected chi connectivity index (χ0v) is 8.71. The Labute approximate surface area is 83.8 Å². The summed E-state index contributed by atoms with van der Waals surface area (Å²) in [5.74, 6) is -0.229. The number of hydrogen-bond acceptors (Lipinski definition) is 2. The molecule has 0 aliphatic heterocycles. The zero-order chi connectivity index (χ0) is 10.7. The number of nitrogens with one attached hydrogen (secondary N) is 1. The highest BCUT2D eigenvalue weighted by Crippen LogP contribution is 2.15. The number of aliphatic hydroxyl groups excluding tert-OH is 1. The molecular formula is C11H16FNO. The van der Waals surface area contributed by atoms with Crippen LogP contribution in [-0.4, -0.2) is 17.3 Å². The predicted molar refractivity (Wildman–Crippen MR) is 55.9 cm³/mol. The molecule has 0 fully saturated rings. The van der Waals surface area contributed by atoms with E-state index in [-0.39, 0.29) is 11.9 Å². The number of aryl methyl sites for hydroxylation is 1. The van der Waals surface area contributed by atoms with E-state index in [0.29, 0.717) is 11.3 Å². The molecule has 2 N–H and O–H groups in total. The molecule has 0 amide bonds. The third-order valence-electron chi connectivity index (χ3n) is 2.29. The molecule has 1 rings (SSSR count). The molecule has 0 saturated carbocycles. The van der Waals surface area contributed by atoms with Crippen LogP contribution in [0.25, 0.3) is 0 Å². The van der Waals surface area contributed by atoms with Gasteiger partial charge in [-0.25, -0.2) is 4.39 Å². The maximum Gasteiger partial charge on any atom is 0.128 e. The van der Waals surface area contributed by atoms with E-state index in [2.05, 4.69) is 5.32 Å². The largest absolute Gasteiger partial charge is 0.391 e. The second-order valence-electron chi connectivity index (χ2n) is 3.64. The normalized spacial score (nSPS) is 14.9. The summed E-state index contributed by atoms with van der Waals surface area (Å²) in [6.07, 6.45) is -0.459. The van der Waals surface area contributed by atoms with Crippen molar-refractivity contribution in [2.24, 2.45) is 0 Å². The maximum absolute atomic E-state index is 13.1. The number of benzene rings is 1. The van der Waals surface area contributed by atoms with Gasteiger partial charge in [0, 0.05) is 11.7 Å². The van der Waals surface area contributed by atoms with Crippen LogP contribution in [0.1, 0.15) is 19.4 Å². The Hall–Kier alpha value is -1.09. The summed E-state index contributed by atoms with van der Waals surface area (Å²) >= 11 is 0. The highest BCUT2D eigenvalue weighted by molar-refractivity contribution is 5.45. The number of hydrogen-bond donors (Lipinski definition) is 2. The van der Waals surface area contributed by atoms with Crippen LogP contribution in [0.3, 0.4) is 0 Å². The standard InChI is InChI=1S/C11H16FNO/c1-7-4-5-10(6-11(7)12)13-8(2)9(3)14/h4-6,8-9,13-14H,1-3H3. The zero-order valence-electron chi connectivity index (χ0n) is 8.71. The van der Waals surface area contributed by atoms with Crippen LogP contribution in [0.15, 0.2) is 18.2 Å². The molecule has 0 aromatic heterocycles. The molecule has 2 nitrogen and oxygen atoms in total. The molecule has 0 radical (unpaired) electrons. The molecule has 0 aliphatic rings. The number of aliphatic hydroxyl groups is 1. The summed E-state index contributed by atoms with van der Waals surface area (Å²) in [5, 5.41) is 12.3. The van der Waals surface area contributed by atoms with Crippen molar-refractivity contribution in [3.05, 3.63) is 29.6 Å². The van der Waals surface area contributed by atoms with Crippen LogP contribution in [-0.2, 0) is 0 Å². The fourth-order valence-corrected chi connectivity index (χ4v) is 1.07. The van der Waals surface area contributed by atoms with Crippen molar-refractivity contribution in [3.8, 4) is 0 Å². The first-order chi connectivity index (χ1) is 6.50. The number of halogens is 1. The Morgan fingerprint density at radius 3 is 2.50 bits per heavy atom. The van der Waals surface area contributed by atoms with E-state index in [9.17, 15) is 9.50 Å². The quantitative estimate of drug-likeness (QED) is 0.779. The smallest absolute Gasteiger partial charge is 0.128 e.